The van der Waals surface area contributed by atoms with Crippen LogP contribution in [0, 0.1) is 0 Å². The van der Waals surface area contributed by atoms with E-state index in [0.29, 0.717) is 53.1 Å². The number of carbonyl (C=O) groups excluding carboxylic acids is 1. The molecule has 0 spiro atoms. The number of hydrogen-bond donors (Lipinski definition) is 0. The molecular weight excluding hydrogens is 492 g/mol. The Balaban J connectivity index is 1.81. The summed E-state index contributed by atoms with van der Waals surface area (Å²) in [6.45, 7) is 6.35. The third-order valence-corrected chi connectivity index (χ3v) is 6.46. The SMILES string of the molecule is CCCCCCOc1ccc(-c2nc(OC)nc(-c3cc(CCC(=O)C(C)(C)OC)ccc3Cl)n2)cn1. The number of pyridine rings is 1. The predicted molar refractivity (Wildman–Crippen MR) is 144 cm³/mol. The Morgan fingerprint density at radius 3 is 2.46 bits per heavy atom. The molecule has 0 aliphatic heterocycles. The largest absolute Gasteiger partial charge is 0.478 e. The molecule has 0 saturated carbocycles. The third kappa shape index (κ3) is 7.94. The monoisotopic (exact) mass is 526 g/mol. The van der Waals surface area contributed by atoms with Gasteiger partial charge < -0.3 is 14.2 Å². The molecule has 0 atom stereocenters. The number of nitrogens with zero attached hydrogens (tertiary/aromatic N) is 4. The van der Waals surface area contributed by atoms with Gasteiger partial charge in [-0.05, 0) is 50.5 Å². The highest BCUT2D eigenvalue weighted by Gasteiger charge is 2.26. The molecule has 0 saturated heterocycles. The Morgan fingerprint density at radius 1 is 1.00 bits per heavy atom. The van der Waals surface area contributed by atoms with E-state index in [2.05, 4.69) is 26.9 Å². The maximum Gasteiger partial charge on any atom is 0.320 e. The van der Waals surface area contributed by atoms with Crippen LogP contribution >= 0.6 is 11.6 Å². The zero-order valence-electron chi connectivity index (χ0n) is 22.2. The minimum Gasteiger partial charge on any atom is -0.478 e. The Bertz CT molecular complexity index is 1190. The molecule has 0 aliphatic carbocycles. The van der Waals surface area contributed by atoms with Crippen molar-refractivity contribution in [3.8, 4) is 34.7 Å². The lowest BCUT2D eigenvalue weighted by Gasteiger charge is -2.21. The lowest BCUT2D eigenvalue weighted by Crippen LogP contribution is -2.33. The lowest BCUT2D eigenvalue weighted by atomic mass is 9.96. The predicted octanol–water partition coefficient (Wildman–Crippen LogP) is 6.15. The fourth-order valence-corrected chi connectivity index (χ4v) is 3.77. The Hall–Kier alpha value is -3.10. The van der Waals surface area contributed by atoms with Crippen LogP contribution in [0.5, 0.6) is 11.9 Å². The molecule has 0 unspecified atom stereocenters. The first kappa shape index (κ1) is 28.5. The number of rotatable bonds is 14. The summed E-state index contributed by atoms with van der Waals surface area (Å²) in [7, 11) is 3.03. The molecule has 0 amide bonds. The molecule has 9 heteroatoms. The lowest BCUT2D eigenvalue weighted by molar-refractivity contribution is -0.137. The molecule has 3 rings (SSSR count). The normalized spacial score (nSPS) is 11.4. The molecule has 0 fully saturated rings. The zero-order chi connectivity index (χ0) is 26.8. The van der Waals surface area contributed by atoms with Crippen molar-refractivity contribution in [1.29, 1.82) is 0 Å². The number of Topliss-reactive ketones (excluding diaryl/α,β-unsaturated/α-hetero) is 1. The highest BCUT2D eigenvalue weighted by Crippen LogP contribution is 2.30. The minimum atomic E-state index is -0.824. The molecule has 2 aromatic heterocycles. The van der Waals surface area contributed by atoms with Gasteiger partial charge in [-0.3, -0.25) is 4.79 Å². The average molecular weight is 527 g/mol. The summed E-state index contributed by atoms with van der Waals surface area (Å²) < 4.78 is 16.4. The highest BCUT2D eigenvalue weighted by molar-refractivity contribution is 6.33. The number of hydrogen-bond acceptors (Lipinski definition) is 8. The van der Waals surface area contributed by atoms with E-state index in [9.17, 15) is 4.79 Å². The topological polar surface area (TPSA) is 96.3 Å². The van der Waals surface area contributed by atoms with Crippen LogP contribution in [-0.4, -0.2) is 52.1 Å². The number of methoxy groups -OCH3 is 2. The van der Waals surface area contributed by atoms with Crippen molar-refractivity contribution in [2.45, 2.75) is 64.9 Å². The maximum atomic E-state index is 12.5. The van der Waals surface area contributed by atoms with Gasteiger partial charge in [-0.15, -0.1) is 0 Å². The second kappa shape index (κ2) is 13.4. The number of carbonyl (C=O) groups is 1. The molecule has 8 nitrogen and oxygen atoms in total. The van der Waals surface area contributed by atoms with Gasteiger partial charge in [0.25, 0.3) is 0 Å². The number of unbranched alkanes of at least 4 members (excludes halogenated alkanes) is 3. The van der Waals surface area contributed by atoms with Crippen molar-refractivity contribution in [3.05, 3.63) is 47.1 Å². The summed E-state index contributed by atoms with van der Waals surface area (Å²) in [5.41, 5.74) is 1.43. The van der Waals surface area contributed by atoms with E-state index in [1.165, 1.54) is 27.1 Å². The summed E-state index contributed by atoms with van der Waals surface area (Å²) in [4.78, 5) is 30.3. The Morgan fingerprint density at radius 2 is 1.78 bits per heavy atom. The van der Waals surface area contributed by atoms with Crippen molar-refractivity contribution >= 4 is 17.4 Å². The van der Waals surface area contributed by atoms with E-state index >= 15 is 0 Å². The maximum absolute atomic E-state index is 12.5. The van der Waals surface area contributed by atoms with Gasteiger partial charge in [-0.25, -0.2) is 9.97 Å². The van der Waals surface area contributed by atoms with Crippen molar-refractivity contribution in [2.75, 3.05) is 20.8 Å². The number of ketones is 1. The summed E-state index contributed by atoms with van der Waals surface area (Å²) >= 11 is 6.53. The Kier molecular flexibility index (Phi) is 10.3. The van der Waals surface area contributed by atoms with E-state index < -0.39 is 5.60 Å². The van der Waals surface area contributed by atoms with Gasteiger partial charge in [0.1, 0.15) is 5.60 Å². The number of benzene rings is 1. The molecule has 0 N–H and O–H groups in total. The van der Waals surface area contributed by atoms with Crippen LogP contribution in [-0.2, 0) is 16.0 Å². The van der Waals surface area contributed by atoms with E-state index in [4.69, 9.17) is 25.8 Å². The van der Waals surface area contributed by atoms with Gasteiger partial charge in [0.15, 0.2) is 17.4 Å². The first-order chi connectivity index (χ1) is 17.8. The molecule has 0 bridgehead atoms. The van der Waals surface area contributed by atoms with E-state index in [1.54, 1.807) is 32.2 Å². The fourth-order valence-electron chi connectivity index (χ4n) is 3.57. The van der Waals surface area contributed by atoms with Gasteiger partial charge in [0, 0.05) is 36.9 Å². The van der Waals surface area contributed by atoms with Crippen molar-refractivity contribution in [1.82, 2.24) is 19.9 Å². The summed E-state index contributed by atoms with van der Waals surface area (Å²) in [6, 6.07) is 9.38. The molecule has 37 heavy (non-hydrogen) atoms. The first-order valence-electron chi connectivity index (χ1n) is 12.5. The van der Waals surface area contributed by atoms with Gasteiger partial charge >= 0.3 is 6.01 Å². The molecule has 2 heterocycles. The van der Waals surface area contributed by atoms with Crippen LogP contribution in [0.2, 0.25) is 5.02 Å². The van der Waals surface area contributed by atoms with Crippen molar-refractivity contribution in [3.63, 3.8) is 0 Å². The van der Waals surface area contributed by atoms with E-state index in [-0.39, 0.29) is 11.8 Å². The molecule has 0 aliphatic rings. The standard InChI is InChI=1S/C28H35ClN4O4/c1-6-7-8-9-16-37-24-15-12-20(18-30-24)25-31-26(33-27(32-25)35-4)21-17-19(10-13-22(21)29)11-14-23(34)28(2,3)36-5/h10,12-13,15,17-18H,6-9,11,14,16H2,1-5H3. The van der Waals surface area contributed by atoms with Crippen molar-refractivity contribution < 1.29 is 19.0 Å². The summed E-state index contributed by atoms with van der Waals surface area (Å²) in [5, 5.41) is 0.483. The van der Waals surface area contributed by atoms with Crippen LogP contribution < -0.4 is 9.47 Å². The van der Waals surface area contributed by atoms with E-state index in [1.807, 2.05) is 18.2 Å². The number of aryl methyl sites for hydroxylation is 1. The highest BCUT2D eigenvalue weighted by atomic mass is 35.5. The third-order valence-electron chi connectivity index (χ3n) is 6.13. The van der Waals surface area contributed by atoms with Gasteiger partial charge in [-0.2, -0.15) is 9.97 Å². The zero-order valence-corrected chi connectivity index (χ0v) is 23.0. The molecular formula is C28H35ClN4O4. The molecule has 0 radical (unpaired) electrons. The second-order valence-corrected chi connectivity index (χ2v) is 9.62. The summed E-state index contributed by atoms with van der Waals surface area (Å²) in [5.74, 6) is 1.36. The molecule has 3 aromatic rings. The van der Waals surface area contributed by atoms with Gasteiger partial charge in [0.2, 0.25) is 5.88 Å². The minimum absolute atomic E-state index is 0.0245. The van der Waals surface area contributed by atoms with Crippen molar-refractivity contribution in [2.24, 2.45) is 0 Å². The Labute approximate surface area is 223 Å². The van der Waals surface area contributed by atoms with Crippen LogP contribution in [0.15, 0.2) is 36.5 Å². The first-order valence-corrected chi connectivity index (χ1v) is 12.9. The van der Waals surface area contributed by atoms with Crippen LogP contribution in [0.1, 0.15) is 58.4 Å². The second-order valence-electron chi connectivity index (χ2n) is 9.22. The quantitative estimate of drug-likeness (QED) is 0.231. The molecule has 198 valence electrons. The van der Waals surface area contributed by atoms with E-state index in [0.717, 1.165) is 18.4 Å². The van der Waals surface area contributed by atoms with Crippen LogP contribution in [0.3, 0.4) is 0 Å². The number of halogens is 1. The average Bonchev–Trinajstić information content (AvgIpc) is 2.92. The van der Waals surface area contributed by atoms with Gasteiger partial charge in [0.05, 0.1) is 18.7 Å². The summed E-state index contributed by atoms with van der Waals surface area (Å²) in [6.07, 6.45) is 7.08. The number of aromatic nitrogens is 4. The number of ether oxygens (including phenoxy) is 3. The van der Waals surface area contributed by atoms with Crippen LogP contribution in [0.4, 0.5) is 0 Å². The molecule has 1 aromatic carbocycles. The fraction of sp³-hybridized carbons (Fsp3) is 0.464. The van der Waals surface area contributed by atoms with Crippen LogP contribution in [0.25, 0.3) is 22.8 Å². The smallest absolute Gasteiger partial charge is 0.320 e. The van der Waals surface area contributed by atoms with Gasteiger partial charge in [-0.1, -0.05) is 43.9 Å².